The van der Waals surface area contributed by atoms with E-state index >= 15 is 0 Å². The van der Waals surface area contributed by atoms with Gasteiger partial charge in [-0.25, -0.2) is 0 Å². The van der Waals surface area contributed by atoms with E-state index in [4.69, 9.17) is 17.0 Å². The maximum Gasteiger partial charge on any atom is 0.193 e. The molecule has 3 rings (SSSR count). The van der Waals surface area contributed by atoms with E-state index in [0.29, 0.717) is 16.2 Å². The molecule has 28 heavy (non-hydrogen) atoms. The van der Waals surface area contributed by atoms with Crippen LogP contribution in [-0.4, -0.2) is 28.4 Å². The van der Waals surface area contributed by atoms with Gasteiger partial charge in [-0.3, -0.25) is 4.79 Å². The first-order chi connectivity index (χ1) is 13.2. The molecular weight excluding hydrogens is 368 g/mol. The van der Waals surface area contributed by atoms with Crippen LogP contribution in [0.2, 0.25) is 0 Å². The predicted molar refractivity (Wildman–Crippen MR) is 117 cm³/mol. The van der Waals surface area contributed by atoms with E-state index in [1.807, 2.05) is 94.2 Å². The summed E-state index contributed by atoms with van der Waals surface area (Å²) < 4.78 is 5.91. The zero-order valence-corrected chi connectivity index (χ0v) is 17.8. The monoisotopic (exact) mass is 394 g/mol. The number of carbonyl (C=O) groups excluding carboxylic acids is 1. The van der Waals surface area contributed by atoms with Crippen LogP contribution in [-0.2, 0) is 0 Å². The van der Waals surface area contributed by atoms with Crippen LogP contribution >= 0.6 is 12.2 Å². The number of carbonyl (C=O) groups is 1. The molecule has 2 aromatic carbocycles. The van der Waals surface area contributed by atoms with Gasteiger partial charge in [0.2, 0.25) is 0 Å². The van der Waals surface area contributed by atoms with Gasteiger partial charge in [-0.15, -0.1) is 0 Å². The summed E-state index contributed by atoms with van der Waals surface area (Å²) in [5.74, 6) is 0.795. The highest BCUT2D eigenvalue weighted by Crippen LogP contribution is 2.33. The van der Waals surface area contributed by atoms with Gasteiger partial charge in [0.15, 0.2) is 10.9 Å². The van der Waals surface area contributed by atoms with Crippen molar-refractivity contribution in [2.24, 2.45) is 0 Å². The average molecular weight is 395 g/mol. The van der Waals surface area contributed by atoms with Gasteiger partial charge in [0.25, 0.3) is 0 Å². The zero-order valence-electron chi connectivity index (χ0n) is 16.9. The highest BCUT2D eigenvalue weighted by Gasteiger charge is 2.32. The second-order valence-electron chi connectivity index (χ2n) is 7.92. The fourth-order valence-electron chi connectivity index (χ4n) is 3.21. The number of hydrogen-bond donors (Lipinski definition) is 1. The number of nitrogens with one attached hydrogen (secondary N) is 1. The predicted octanol–water partition coefficient (Wildman–Crippen LogP) is 4.88. The van der Waals surface area contributed by atoms with E-state index in [2.05, 4.69) is 5.32 Å². The first kappa shape index (κ1) is 20.1. The van der Waals surface area contributed by atoms with Crippen LogP contribution in [0.3, 0.4) is 0 Å². The second-order valence-corrected chi connectivity index (χ2v) is 8.31. The number of ketones is 1. The van der Waals surface area contributed by atoms with Crippen molar-refractivity contribution in [2.45, 2.75) is 39.3 Å². The zero-order chi connectivity index (χ0) is 20.5. The third-order valence-corrected chi connectivity index (χ3v) is 5.06. The average Bonchev–Trinajstić information content (AvgIpc) is 2.65. The van der Waals surface area contributed by atoms with Gasteiger partial charge >= 0.3 is 0 Å². The summed E-state index contributed by atoms with van der Waals surface area (Å²) in [4.78, 5) is 15.2. The second kappa shape index (κ2) is 7.76. The van der Waals surface area contributed by atoms with Crippen LogP contribution in [0.4, 0.5) is 0 Å². The molecular formula is C23H26N2O2S. The van der Waals surface area contributed by atoms with Crippen LogP contribution in [0.5, 0.6) is 5.75 Å². The Morgan fingerprint density at radius 1 is 1.07 bits per heavy atom. The van der Waals surface area contributed by atoms with Gasteiger partial charge in [0.05, 0.1) is 6.04 Å². The molecule has 0 spiro atoms. The topological polar surface area (TPSA) is 41.6 Å². The van der Waals surface area contributed by atoms with Crippen molar-refractivity contribution in [3.63, 3.8) is 0 Å². The van der Waals surface area contributed by atoms with Gasteiger partial charge in [0, 0.05) is 23.9 Å². The van der Waals surface area contributed by atoms with Crippen molar-refractivity contribution in [1.82, 2.24) is 10.2 Å². The fraction of sp³-hybridized carbons (Fsp3) is 0.304. The van der Waals surface area contributed by atoms with Crippen molar-refractivity contribution in [2.75, 3.05) is 7.05 Å². The summed E-state index contributed by atoms with van der Waals surface area (Å²) in [6.07, 6.45) is 0. The lowest BCUT2D eigenvalue weighted by atomic mass is 9.89. The maximum absolute atomic E-state index is 13.3. The van der Waals surface area contributed by atoms with Gasteiger partial charge in [-0.05, 0) is 57.6 Å². The Morgan fingerprint density at radius 2 is 1.68 bits per heavy atom. The van der Waals surface area contributed by atoms with Crippen molar-refractivity contribution >= 4 is 23.1 Å². The molecule has 1 aliphatic heterocycles. The van der Waals surface area contributed by atoms with E-state index in [1.54, 1.807) is 0 Å². The van der Waals surface area contributed by atoms with Crippen molar-refractivity contribution in [3.05, 3.63) is 77.0 Å². The highest BCUT2D eigenvalue weighted by atomic mass is 32.1. The summed E-state index contributed by atoms with van der Waals surface area (Å²) >= 11 is 5.48. The lowest BCUT2D eigenvalue weighted by molar-refractivity contribution is 0.102. The molecule has 2 aromatic rings. The summed E-state index contributed by atoms with van der Waals surface area (Å²) in [6.45, 7) is 7.98. The van der Waals surface area contributed by atoms with Crippen molar-refractivity contribution in [1.29, 1.82) is 0 Å². The molecule has 4 nitrogen and oxygen atoms in total. The summed E-state index contributed by atoms with van der Waals surface area (Å²) in [6, 6.07) is 16.9. The Bertz CT molecular complexity index is 912. The van der Waals surface area contributed by atoms with E-state index in [-0.39, 0.29) is 17.4 Å². The van der Waals surface area contributed by atoms with Crippen LogP contribution in [0, 0.1) is 0 Å². The first-order valence-corrected chi connectivity index (χ1v) is 9.72. The molecule has 0 bridgehead atoms. The van der Waals surface area contributed by atoms with E-state index in [0.717, 1.165) is 17.0 Å². The number of rotatable bonds is 4. The van der Waals surface area contributed by atoms with Crippen molar-refractivity contribution < 1.29 is 9.53 Å². The molecule has 1 N–H and O–H groups in total. The number of thiocarbonyl (C=S) groups is 1. The van der Waals surface area contributed by atoms with E-state index in [9.17, 15) is 4.79 Å². The fourth-order valence-corrected chi connectivity index (χ4v) is 3.46. The molecule has 1 unspecified atom stereocenters. The molecule has 0 radical (unpaired) electrons. The Labute approximate surface area is 172 Å². The number of benzene rings is 2. The number of allylic oxidation sites excluding steroid dienone is 1. The smallest absolute Gasteiger partial charge is 0.193 e. The molecule has 0 aliphatic carbocycles. The minimum Gasteiger partial charge on any atom is -0.488 e. The summed E-state index contributed by atoms with van der Waals surface area (Å²) in [7, 11) is 1.87. The molecule has 146 valence electrons. The van der Waals surface area contributed by atoms with Crippen molar-refractivity contribution in [3.8, 4) is 5.75 Å². The lowest BCUT2D eigenvalue weighted by Crippen LogP contribution is -2.45. The maximum atomic E-state index is 13.3. The number of nitrogens with zero attached hydrogens (tertiary/aromatic N) is 1. The number of Topliss-reactive ketones (excluding diaryl/α,β-unsaturated/α-hetero) is 1. The van der Waals surface area contributed by atoms with E-state index < -0.39 is 0 Å². The Morgan fingerprint density at radius 3 is 2.25 bits per heavy atom. The molecule has 0 saturated heterocycles. The minimum atomic E-state index is -0.305. The Balaban J connectivity index is 2.00. The minimum absolute atomic E-state index is 0.0000296. The molecule has 0 aromatic heterocycles. The van der Waals surface area contributed by atoms with Crippen LogP contribution in [0.1, 0.15) is 49.7 Å². The Kier molecular flexibility index (Phi) is 5.57. The van der Waals surface area contributed by atoms with Gasteiger partial charge in [-0.2, -0.15) is 0 Å². The molecule has 1 aliphatic rings. The normalized spacial score (nSPS) is 17.4. The van der Waals surface area contributed by atoms with Crippen LogP contribution < -0.4 is 10.1 Å². The van der Waals surface area contributed by atoms with Crippen LogP contribution in [0.25, 0.3) is 0 Å². The van der Waals surface area contributed by atoms with Gasteiger partial charge in [0.1, 0.15) is 11.4 Å². The standard InChI is InChI=1S/C23H26N2O2S/c1-15-19(21(26)17-9-7-6-8-10-17)20(24-22(28)25(15)5)16-11-13-18(14-12-16)27-23(2,3)4/h6-14,20H,1-5H3,(H,24,28). The molecule has 1 atom stereocenters. The molecule has 0 fully saturated rings. The molecule has 0 amide bonds. The SMILES string of the molecule is CC1=C(C(=O)c2ccccc2)C(c2ccc(OC(C)(C)C)cc2)NC(=S)N1C. The number of ether oxygens (including phenoxy) is 1. The Hall–Kier alpha value is -2.66. The third kappa shape index (κ3) is 4.25. The lowest BCUT2D eigenvalue weighted by Gasteiger charge is -2.36. The van der Waals surface area contributed by atoms with Gasteiger partial charge < -0.3 is 15.0 Å². The first-order valence-electron chi connectivity index (χ1n) is 9.31. The summed E-state index contributed by atoms with van der Waals surface area (Å²) in [5.41, 5.74) is 2.93. The third-order valence-electron chi connectivity index (χ3n) is 4.67. The largest absolute Gasteiger partial charge is 0.488 e. The van der Waals surface area contributed by atoms with Crippen LogP contribution in [0.15, 0.2) is 65.9 Å². The highest BCUT2D eigenvalue weighted by molar-refractivity contribution is 7.80. The molecule has 0 saturated carbocycles. The molecule has 1 heterocycles. The summed E-state index contributed by atoms with van der Waals surface area (Å²) in [5, 5.41) is 3.92. The van der Waals surface area contributed by atoms with E-state index in [1.165, 1.54) is 0 Å². The quantitative estimate of drug-likeness (QED) is 0.591. The number of hydrogen-bond acceptors (Lipinski definition) is 3. The molecule has 5 heteroatoms. The van der Waals surface area contributed by atoms with Gasteiger partial charge in [-0.1, -0.05) is 42.5 Å².